The molecule has 0 unspecified atom stereocenters. The minimum Gasteiger partial charge on any atom is -0.396 e. The number of hydrogen-bond donors (Lipinski definition) is 2. The van der Waals surface area contributed by atoms with Crippen LogP contribution in [0.25, 0.3) is 0 Å². The Balaban J connectivity index is 2.43. The number of rotatable bonds is 6. The smallest absolute Gasteiger partial charge is 0.0446 e. The molecule has 1 saturated heterocycles. The van der Waals surface area contributed by atoms with Gasteiger partial charge in [-0.2, -0.15) is 0 Å². The van der Waals surface area contributed by atoms with Gasteiger partial charge in [-0.3, -0.25) is 4.90 Å². The zero-order valence-electron chi connectivity index (χ0n) is 11.1. The van der Waals surface area contributed by atoms with Crippen molar-refractivity contribution in [2.45, 2.75) is 52.1 Å². The number of hydrogen-bond acceptors (Lipinski definition) is 3. The molecule has 0 aromatic rings. The molecule has 1 aliphatic heterocycles. The number of aliphatic hydroxyl groups excluding tert-OH is 1. The van der Waals surface area contributed by atoms with E-state index in [1.54, 1.807) is 0 Å². The summed E-state index contributed by atoms with van der Waals surface area (Å²) >= 11 is 0. The van der Waals surface area contributed by atoms with Crippen molar-refractivity contribution >= 4 is 0 Å². The van der Waals surface area contributed by atoms with Crippen molar-refractivity contribution in [3.05, 3.63) is 0 Å². The first-order valence-electron chi connectivity index (χ1n) is 6.75. The second kappa shape index (κ2) is 7.25. The van der Waals surface area contributed by atoms with E-state index in [2.05, 4.69) is 31.0 Å². The van der Waals surface area contributed by atoms with Crippen LogP contribution in [-0.4, -0.2) is 48.3 Å². The predicted octanol–water partition coefficient (Wildman–Crippen LogP) is 1.47. The van der Waals surface area contributed by atoms with Gasteiger partial charge in [0.2, 0.25) is 0 Å². The quantitative estimate of drug-likeness (QED) is 0.722. The van der Waals surface area contributed by atoms with Crippen LogP contribution in [0.5, 0.6) is 0 Å². The summed E-state index contributed by atoms with van der Waals surface area (Å²) < 4.78 is 0. The summed E-state index contributed by atoms with van der Waals surface area (Å²) in [6.07, 6.45) is 3.36. The first-order chi connectivity index (χ1) is 7.67. The monoisotopic (exact) mass is 228 g/mol. The van der Waals surface area contributed by atoms with Crippen LogP contribution in [0.1, 0.15) is 40.0 Å². The maximum absolute atomic E-state index is 9.06. The van der Waals surface area contributed by atoms with Gasteiger partial charge in [-0.05, 0) is 31.7 Å². The second-order valence-electron chi connectivity index (χ2n) is 5.40. The minimum atomic E-state index is 0.307. The van der Waals surface area contributed by atoms with E-state index >= 15 is 0 Å². The highest BCUT2D eigenvalue weighted by Crippen LogP contribution is 2.15. The normalized spacial score (nSPS) is 27.6. The van der Waals surface area contributed by atoms with E-state index in [-0.39, 0.29) is 0 Å². The van der Waals surface area contributed by atoms with Gasteiger partial charge in [0.1, 0.15) is 0 Å². The lowest BCUT2D eigenvalue weighted by Crippen LogP contribution is -2.57. The van der Waals surface area contributed by atoms with Crippen molar-refractivity contribution in [1.82, 2.24) is 10.2 Å². The average Bonchev–Trinajstić information content (AvgIpc) is 2.21. The van der Waals surface area contributed by atoms with Crippen LogP contribution < -0.4 is 5.32 Å². The number of nitrogens with zero attached hydrogens (tertiary/aromatic N) is 1. The Morgan fingerprint density at radius 1 is 1.44 bits per heavy atom. The number of piperazine rings is 1. The summed E-state index contributed by atoms with van der Waals surface area (Å²) in [6.45, 7) is 10.5. The molecule has 3 nitrogen and oxygen atoms in total. The van der Waals surface area contributed by atoms with Crippen molar-refractivity contribution in [1.29, 1.82) is 0 Å². The Hall–Kier alpha value is -0.120. The van der Waals surface area contributed by atoms with E-state index in [0.717, 1.165) is 25.4 Å². The molecule has 0 spiro atoms. The summed E-state index contributed by atoms with van der Waals surface area (Å²) in [5, 5.41) is 12.7. The molecule has 2 atom stereocenters. The van der Waals surface area contributed by atoms with E-state index in [0.29, 0.717) is 18.7 Å². The Morgan fingerprint density at radius 2 is 2.19 bits per heavy atom. The topological polar surface area (TPSA) is 35.5 Å². The van der Waals surface area contributed by atoms with Gasteiger partial charge in [-0.25, -0.2) is 0 Å². The van der Waals surface area contributed by atoms with Gasteiger partial charge < -0.3 is 10.4 Å². The molecular weight excluding hydrogens is 200 g/mol. The van der Waals surface area contributed by atoms with Gasteiger partial charge in [-0.15, -0.1) is 0 Å². The summed E-state index contributed by atoms with van der Waals surface area (Å²) in [4.78, 5) is 2.56. The summed E-state index contributed by atoms with van der Waals surface area (Å²) in [7, 11) is 0. The molecule has 0 aromatic carbocycles. The zero-order valence-corrected chi connectivity index (χ0v) is 11.1. The van der Waals surface area contributed by atoms with Gasteiger partial charge in [0.15, 0.2) is 0 Å². The lowest BCUT2D eigenvalue weighted by atomic mass is 9.98. The van der Waals surface area contributed by atoms with Gasteiger partial charge in [-0.1, -0.05) is 20.8 Å². The van der Waals surface area contributed by atoms with Crippen LogP contribution >= 0.6 is 0 Å². The molecule has 2 N–H and O–H groups in total. The molecule has 0 bridgehead atoms. The number of aliphatic hydroxyl groups is 1. The molecule has 1 fully saturated rings. The van der Waals surface area contributed by atoms with E-state index in [4.69, 9.17) is 5.11 Å². The second-order valence-corrected chi connectivity index (χ2v) is 5.40. The first kappa shape index (κ1) is 13.9. The fourth-order valence-corrected chi connectivity index (χ4v) is 2.65. The lowest BCUT2D eigenvalue weighted by molar-refractivity contribution is 0.100. The third kappa shape index (κ3) is 4.40. The third-order valence-corrected chi connectivity index (χ3v) is 3.34. The van der Waals surface area contributed by atoms with Crippen LogP contribution in [-0.2, 0) is 0 Å². The molecule has 1 heterocycles. The average molecular weight is 228 g/mol. The standard InChI is InChI=1S/C13H28N2O/c1-4-6-15-10-12(8-11(2)3)14-9-13(15)5-7-16/h11-14,16H,4-10H2,1-3H3/t12-,13+/m0/s1. The van der Waals surface area contributed by atoms with Crippen molar-refractivity contribution < 1.29 is 5.11 Å². The lowest BCUT2D eigenvalue weighted by Gasteiger charge is -2.40. The van der Waals surface area contributed by atoms with Crippen LogP contribution in [0.15, 0.2) is 0 Å². The Morgan fingerprint density at radius 3 is 2.75 bits per heavy atom. The van der Waals surface area contributed by atoms with Gasteiger partial charge >= 0.3 is 0 Å². The fourth-order valence-electron chi connectivity index (χ4n) is 2.65. The van der Waals surface area contributed by atoms with E-state index < -0.39 is 0 Å². The van der Waals surface area contributed by atoms with E-state index in [9.17, 15) is 0 Å². The van der Waals surface area contributed by atoms with Crippen LogP contribution in [0.2, 0.25) is 0 Å². The van der Waals surface area contributed by atoms with Crippen LogP contribution in [0.4, 0.5) is 0 Å². The molecular formula is C13H28N2O. The van der Waals surface area contributed by atoms with Crippen LogP contribution in [0, 0.1) is 5.92 Å². The Labute approximate surface area is 100 Å². The van der Waals surface area contributed by atoms with Gasteiger partial charge in [0.05, 0.1) is 0 Å². The molecule has 96 valence electrons. The summed E-state index contributed by atoms with van der Waals surface area (Å²) in [5.74, 6) is 0.760. The maximum Gasteiger partial charge on any atom is 0.0446 e. The van der Waals surface area contributed by atoms with E-state index in [1.165, 1.54) is 19.4 Å². The van der Waals surface area contributed by atoms with Crippen LogP contribution in [0.3, 0.4) is 0 Å². The maximum atomic E-state index is 9.06. The zero-order chi connectivity index (χ0) is 12.0. The highest BCUT2D eigenvalue weighted by atomic mass is 16.3. The van der Waals surface area contributed by atoms with Gasteiger partial charge in [0.25, 0.3) is 0 Å². The molecule has 1 aliphatic rings. The van der Waals surface area contributed by atoms with Crippen molar-refractivity contribution in [3.8, 4) is 0 Å². The molecule has 1 rings (SSSR count). The van der Waals surface area contributed by atoms with Crippen molar-refractivity contribution in [2.24, 2.45) is 5.92 Å². The molecule has 0 amide bonds. The molecule has 0 aromatic heterocycles. The fraction of sp³-hybridized carbons (Fsp3) is 1.00. The summed E-state index contributed by atoms with van der Waals surface area (Å²) in [6, 6.07) is 1.18. The third-order valence-electron chi connectivity index (χ3n) is 3.34. The number of nitrogens with one attached hydrogen (secondary N) is 1. The molecule has 0 radical (unpaired) electrons. The minimum absolute atomic E-state index is 0.307. The molecule has 0 aliphatic carbocycles. The predicted molar refractivity (Wildman–Crippen MR) is 68.6 cm³/mol. The van der Waals surface area contributed by atoms with Gasteiger partial charge in [0, 0.05) is 31.8 Å². The molecule has 3 heteroatoms. The van der Waals surface area contributed by atoms with Crippen molar-refractivity contribution in [2.75, 3.05) is 26.2 Å². The van der Waals surface area contributed by atoms with Crippen molar-refractivity contribution in [3.63, 3.8) is 0 Å². The largest absolute Gasteiger partial charge is 0.396 e. The Bertz CT molecular complexity index is 185. The van der Waals surface area contributed by atoms with E-state index in [1.807, 2.05) is 0 Å². The highest BCUT2D eigenvalue weighted by Gasteiger charge is 2.26. The molecule has 16 heavy (non-hydrogen) atoms. The Kier molecular flexibility index (Phi) is 6.32. The first-order valence-corrected chi connectivity index (χ1v) is 6.75. The SMILES string of the molecule is CCCN1C[C@H](CC(C)C)NC[C@H]1CCO. The highest BCUT2D eigenvalue weighted by molar-refractivity contribution is 4.86. The molecule has 0 saturated carbocycles. The summed E-state index contributed by atoms with van der Waals surface area (Å²) in [5.41, 5.74) is 0.